The molecule has 7 nitrogen and oxygen atoms in total. The van der Waals surface area contributed by atoms with Crippen LogP contribution in [-0.2, 0) is 19.6 Å². The first-order valence-corrected chi connectivity index (χ1v) is 10.5. The molecule has 0 saturated carbocycles. The maximum Gasteiger partial charge on any atom is 0.338 e. The third-order valence-electron chi connectivity index (χ3n) is 4.23. The number of esters is 1. The van der Waals surface area contributed by atoms with Crippen molar-refractivity contribution in [3.8, 4) is 0 Å². The van der Waals surface area contributed by atoms with Gasteiger partial charge in [0.15, 0.2) is 6.61 Å². The molecule has 1 amide bonds. The van der Waals surface area contributed by atoms with Crippen molar-refractivity contribution in [3.63, 3.8) is 0 Å². The van der Waals surface area contributed by atoms with E-state index in [0.717, 1.165) is 12.8 Å². The van der Waals surface area contributed by atoms with Crippen molar-refractivity contribution in [2.75, 3.05) is 25.0 Å². The minimum Gasteiger partial charge on any atom is -0.452 e. The van der Waals surface area contributed by atoms with Crippen LogP contribution in [-0.4, -0.2) is 44.3 Å². The van der Waals surface area contributed by atoms with Gasteiger partial charge in [0.25, 0.3) is 5.91 Å². The molecule has 0 atom stereocenters. The topological polar surface area (TPSA) is 92.8 Å². The minimum atomic E-state index is -3.63. The van der Waals surface area contributed by atoms with E-state index in [1.165, 1.54) is 28.6 Å². The van der Waals surface area contributed by atoms with Crippen molar-refractivity contribution in [2.24, 2.45) is 0 Å². The molecule has 2 aromatic carbocycles. The highest BCUT2D eigenvalue weighted by Crippen LogP contribution is 2.22. The van der Waals surface area contributed by atoms with Crippen molar-refractivity contribution in [1.82, 2.24) is 4.31 Å². The predicted molar refractivity (Wildman–Crippen MR) is 105 cm³/mol. The molecular weight excluding hydrogens is 404 g/mol. The summed E-state index contributed by atoms with van der Waals surface area (Å²) in [6, 6.07) is 12.1. The number of carbonyl (C=O) groups is 2. The minimum absolute atomic E-state index is 0.0365. The molecule has 28 heavy (non-hydrogen) atoms. The van der Waals surface area contributed by atoms with Crippen LogP contribution in [0.5, 0.6) is 0 Å². The second-order valence-electron chi connectivity index (χ2n) is 6.27. The Morgan fingerprint density at radius 2 is 1.75 bits per heavy atom. The van der Waals surface area contributed by atoms with Gasteiger partial charge in [-0.2, -0.15) is 4.31 Å². The lowest BCUT2D eigenvalue weighted by atomic mass is 10.2. The molecule has 1 aliphatic heterocycles. The molecule has 1 heterocycles. The van der Waals surface area contributed by atoms with E-state index in [1.807, 2.05) is 0 Å². The second-order valence-corrected chi connectivity index (χ2v) is 8.64. The van der Waals surface area contributed by atoms with E-state index in [9.17, 15) is 18.0 Å². The molecule has 9 heteroatoms. The number of rotatable bonds is 6. The lowest BCUT2D eigenvalue weighted by Crippen LogP contribution is -2.28. The number of ether oxygens (including phenoxy) is 1. The Morgan fingerprint density at radius 3 is 2.43 bits per heavy atom. The predicted octanol–water partition coefficient (Wildman–Crippen LogP) is 2.92. The first-order valence-electron chi connectivity index (χ1n) is 8.69. The van der Waals surface area contributed by atoms with E-state index in [2.05, 4.69) is 5.32 Å². The quantitative estimate of drug-likeness (QED) is 0.722. The van der Waals surface area contributed by atoms with Gasteiger partial charge in [-0.15, -0.1) is 0 Å². The van der Waals surface area contributed by atoms with Crippen molar-refractivity contribution in [2.45, 2.75) is 17.7 Å². The number of anilines is 1. The van der Waals surface area contributed by atoms with Gasteiger partial charge >= 0.3 is 5.97 Å². The van der Waals surface area contributed by atoms with Crippen LogP contribution in [0, 0.1) is 0 Å². The molecule has 0 aliphatic carbocycles. The number of carbonyl (C=O) groups excluding carboxylic acids is 2. The van der Waals surface area contributed by atoms with Crippen LogP contribution in [0.2, 0.25) is 5.02 Å². The van der Waals surface area contributed by atoms with E-state index >= 15 is 0 Å². The molecule has 148 valence electrons. The second kappa shape index (κ2) is 8.72. The Morgan fingerprint density at radius 1 is 1.07 bits per heavy atom. The lowest BCUT2D eigenvalue weighted by molar-refractivity contribution is -0.119. The number of amides is 1. The number of hydrogen-bond acceptors (Lipinski definition) is 5. The summed E-state index contributed by atoms with van der Waals surface area (Å²) in [6.07, 6.45) is 1.65. The largest absolute Gasteiger partial charge is 0.452 e. The molecule has 0 spiro atoms. The smallest absolute Gasteiger partial charge is 0.338 e. The highest BCUT2D eigenvalue weighted by molar-refractivity contribution is 7.89. The molecule has 3 rings (SSSR count). The SMILES string of the molecule is O=C(COC(=O)c1cccc(S(=O)(=O)N2CCCC2)c1)Nc1ccc(Cl)cc1. The Bertz CT molecular complexity index is 970. The third-order valence-corrected chi connectivity index (χ3v) is 6.38. The van der Waals surface area contributed by atoms with Crippen LogP contribution in [0.25, 0.3) is 0 Å². The maximum atomic E-state index is 12.6. The fourth-order valence-corrected chi connectivity index (χ4v) is 4.50. The van der Waals surface area contributed by atoms with Crippen molar-refractivity contribution >= 4 is 39.2 Å². The molecule has 0 aromatic heterocycles. The Balaban J connectivity index is 1.61. The fraction of sp³-hybridized carbons (Fsp3) is 0.263. The van der Waals surface area contributed by atoms with Gasteiger partial charge in [0.05, 0.1) is 10.5 Å². The summed E-state index contributed by atoms with van der Waals surface area (Å²) in [5.41, 5.74) is 0.587. The Kier molecular flexibility index (Phi) is 6.33. The highest BCUT2D eigenvalue weighted by Gasteiger charge is 2.27. The van der Waals surface area contributed by atoms with Crippen molar-refractivity contribution < 1.29 is 22.7 Å². The zero-order valence-electron chi connectivity index (χ0n) is 14.9. The number of nitrogens with one attached hydrogen (secondary N) is 1. The third kappa shape index (κ3) is 4.89. The van der Waals surface area contributed by atoms with Gasteiger partial charge in [0, 0.05) is 23.8 Å². The molecule has 0 radical (unpaired) electrons. The number of nitrogens with zero attached hydrogens (tertiary/aromatic N) is 1. The van der Waals surface area contributed by atoms with E-state index in [0.29, 0.717) is 23.8 Å². The molecule has 2 aromatic rings. The van der Waals surface area contributed by atoms with Gasteiger partial charge in [-0.3, -0.25) is 4.79 Å². The van der Waals surface area contributed by atoms with Crippen LogP contribution >= 0.6 is 11.6 Å². The van der Waals surface area contributed by atoms with Gasteiger partial charge in [-0.05, 0) is 55.3 Å². The number of benzene rings is 2. The molecule has 0 unspecified atom stereocenters. The summed E-state index contributed by atoms with van der Waals surface area (Å²) in [5.74, 6) is -1.29. The fourth-order valence-electron chi connectivity index (χ4n) is 2.81. The average Bonchev–Trinajstić information content (AvgIpc) is 3.24. The van der Waals surface area contributed by atoms with Crippen molar-refractivity contribution in [1.29, 1.82) is 0 Å². The molecule has 0 bridgehead atoms. The van der Waals surface area contributed by atoms with Crippen LogP contribution < -0.4 is 5.32 Å². The van der Waals surface area contributed by atoms with Crippen LogP contribution in [0.3, 0.4) is 0 Å². The van der Waals surface area contributed by atoms with E-state index in [-0.39, 0.29) is 10.5 Å². The first-order chi connectivity index (χ1) is 13.4. The van der Waals surface area contributed by atoms with E-state index < -0.39 is 28.5 Å². The van der Waals surface area contributed by atoms with E-state index in [4.69, 9.17) is 16.3 Å². The van der Waals surface area contributed by atoms with Crippen LogP contribution in [0.1, 0.15) is 23.2 Å². The summed E-state index contributed by atoms with van der Waals surface area (Å²) >= 11 is 5.78. The average molecular weight is 423 g/mol. The highest BCUT2D eigenvalue weighted by atomic mass is 35.5. The summed E-state index contributed by atoms with van der Waals surface area (Å²) in [7, 11) is -3.63. The molecule has 1 saturated heterocycles. The van der Waals surface area contributed by atoms with Gasteiger partial charge in [-0.25, -0.2) is 13.2 Å². The molecule has 1 N–H and O–H groups in total. The first kappa shape index (κ1) is 20.3. The molecular formula is C19H19ClN2O5S. The zero-order chi connectivity index (χ0) is 20.1. The summed E-state index contributed by atoms with van der Waals surface area (Å²) in [4.78, 5) is 24.2. The number of hydrogen-bond donors (Lipinski definition) is 1. The zero-order valence-corrected chi connectivity index (χ0v) is 16.5. The van der Waals surface area contributed by atoms with Gasteiger partial charge < -0.3 is 10.1 Å². The van der Waals surface area contributed by atoms with Crippen molar-refractivity contribution in [3.05, 3.63) is 59.1 Å². The van der Waals surface area contributed by atoms with Gasteiger partial charge in [0.2, 0.25) is 10.0 Å². The number of halogens is 1. The Hall–Kier alpha value is -2.42. The normalized spacial score (nSPS) is 14.6. The van der Waals surface area contributed by atoms with E-state index in [1.54, 1.807) is 24.3 Å². The van der Waals surface area contributed by atoms with Crippen LogP contribution in [0.4, 0.5) is 5.69 Å². The summed E-state index contributed by atoms with van der Waals surface area (Å²) in [5, 5.41) is 3.11. The standard InChI is InChI=1S/C19H19ClN2O5S/c20-15-6-8-16(9-7-15)21-18(23)13-27-19(24)14-4-3-5-17(12-14)28(25,26)22-10-1-2-11-22/h3-9,12H,1-2,10-11,13H2,(H,21,23). The summed E-state index contributed by atoms with van der Waals surface area (Å²) < 4.78 is 31.6. The van der Waals surface area contributed by atoms with Gasteiger partial charge in [-0.1, -0.05) is 17.7 Å². The molecule has 1 aliphatic rings. The van der Waals surface area contributed by atoms with Gasteiger partial charge in [0.1, 0.15) is 0 Å². The maximum absolute atomic E-state index is 12.6. The monoisotopic (exact) mass is 422 g/mol. The summed E-state index contributed by atoms with van der Waals surface area (Å²) in [6.45, 7) is 0.453. The lowest BCUT2D eigenvalue weighted by Gasteiger charge is -2.15. The van der Waals surface area contributed by atoms with Crippen LogP contribution in [0.15, 0.2) is 53.4 Å². The number of sulfonamides is 1. The molecule has 1 fully saturated rings. The Labute approximate surface area is 168 Å².